The molecule has 0 aliphatic rings. The van der Waals surface area contributed by atoms with E-state index in [0.29, 0.717) is 19.4 Å². The fourth-order valence-corrected chi connectivity index (χ4v) is 8.95. The topological polar surface area (TPSA) is 95.9 Å². The van der Waals surface area contributed by atoms with E-state index in [9.17, 15) is 19.8 Å². The maximum Gasteiger partial charge on any atom is 0.305 e. The van der Waals surface area contributed by atoms with E-state index in [1.807, 2.05) is 6.08 Å². The van der Waals surface area contributed by atoms with E-state index in [2.05, 4.69) is 55.6 Å². The molecule has 0 fully saturated rings. The van der Waals surface area contributed by atoms with Gasteiger partial charge in [-0.3, -0.25) is 9.59 Å². The molecular formula is C62H115NO5. The van der Waals surface area contributed by atoms with Crippen LogP contribution in [0.25, 0.3) is 0 Å². The van der Waals surface area contributed by atoms with Crippen LogP contribution in [0, 0.1) is 0 Å². The van der Waals surface area contributed by atoms with Crippen molar-refractivity contribution < 1.29 is 24.5 Å². The first kappa shape index (κ1) is 65.8. The van der Waals surface area contributed by atoms with E-state index in [-0.39, 0.29) is 18.5 Å². The van der Waals surface area contributed by atoms with Crippen molar-refractivity contribution in [3.8, 4) is 0 Å². The molecule has 0 bridgehead atoms. The van der Waals surface area contributed by atoms with Crippen LogP contribution in [0.3, 0.4) is 0 Å². The molecule has 2 unspecified atom stereocenters. The van der Waals surface area contributed by atoms with Crippen molar-refractivity contribution in [2.24, 2.45) is 0 Å². The Bertz CT molecular complexity index is 1150. The number of hydrogen-bond acceptors (Lipinski definition) is 5. The van der Waals surface area contributed by atoms with Gasteiger partial charge in [0.25, 0.3) is 0 Å². The minimum atomic E-state index is -0.848. The van der Waals surface area contributed by atoms with Gasteiger partial charge in [0.1, 0.15) is 0 Å². The van der Waals surface area contributed by atoms with Crippen LogP contribution >= 0.6 is 0 Å². The number of amides is 1. The normalized spacial score (nSPS) is 12.9. The highest BCUT2D eigenvalue weighted by Crippen LogP contribution is 2.16. The van der Waals surface area contributed by atoms with Gasteiger partial charge in [-0.25, -0.2) is 0 Å². The van der Waals surface area contributed by atoms with Crippen LogP contribution in [-0.2, 0) is 14.3 Å². The quantitative estimate of drug-likeness (QED) is 0.0321. The number of rotatable bonds is 55. The molecule has 0 saturated heterocycles. The summed E-state index contributed by atoms with van der Waals surface area (Å²) in [5.74, 6) is -0.0742. The summed E-state index contributed by atoms with van der Waals surface area (Å²) in [7, 11) is 0. The summed E-state index contributed by atoms with van der Waals surface area (Å²) in [6.45, 7) is 4.86. The molecule has 6 nitrogen and oxygen atoms in total. The monoisotopic (exact) mass is 954 g/mol. The van der Waals surface area contributed by atoms with Crippen molar-refractivity contribution in [2.75, 3.05) is 13.2 Å². The molecular weight excluding hydrogens is 839 g/mol. The molecule has 0 aromatic carbocycles. The lowest BCUT2D eigenvalue weighted by atomic mass is 10.0. The fourth-order valence-electron chi connectivity index (χ4n) is 8.95. The van der Waals surface area contributed by atoms with E-state index in [1.165, 1.54) is 225 Å². The average Bonchev–Trinajstić information content (AvgIpc) is 3.34. The largest absolute Gasteiger partial charge is 0.466 e. The van der Waals surface area contributed by atoms with Gasteiger partial charge in [0.05, 0.1) is 25.4 Å². The lowest BCUT2D eigenvalue weighted by Gasteiger charge is -2.20. The molecule has 0 aliphatic heterocycles. The summed E-state index contributed by atoms with van der Waals surface area (Å²) in [5.41, 5.74) is 0. The van der Waals surface area contributed by atoms with E-state index in [0.717, 1.165) is 57.8 Å². The fraction of sp³-hybridized carbons (Fsp3) is 0.839. The minimum absolute atomic E-state index is 0.00327. The summed E-state index contributed by atoms with van der Waals surface area (Å²) in [5, 5.41) is 23.0. The second kappa shape index (κ2) is 57.4. The molecule has 0 heterocycles. The molecule has 0 aromatic rings. The summed E-state index contributed by atoms with van der Waals surface area (Å²) in [4.78, 5) is 24.5. The Morgan fingerprint density at radius 3 is 1.16 bits per heavy atom. The highest BCUT2D eigenvalue weighted by Gasteiger charge is 2.18. The number of esters is 1. The summed E-state index contributed by atoms with van der Waals surface area (Å²) < 4.78 is 5.49. The van der Waals surface area contributed by atoms with E-state index >= 15 is 0 Å². The molecule has 0 saturated carbocycles. The Morgan fingerprint density at radius 1 is 0.412 bits per heavy atom. The number of aliphatic hydroxyl groups is 2. The lowest BCUT2D eigenvalue weighted by molar-refractivity contribution is -0.143. The van der Waals surface area contributed by atoms with Crippen molar-refractivity contribution >= 4 is 11.9 Å². The average molecular weight is 955 g/mol. The van der Waals surface area contributed by atoms with Gasteiger partial charge in [0.15, 0.2) is 0 Å². The molecule has 0 spiro atoms. The van der Waals surface area contributed by atoms with Crippen LogP contribution in [0.1, 0.15) is 309 Å². The zero-order valence-corrected chi connectivity index (χ0v) is 45.3. The third-order valence-electron chi connectivity index (χ3n) is 13.6. The van der Waals surface area contributed by atoms with Crippen LogP contribution in [-0.4, -0.2) is 47.4 Å². The number of nitrogens with one attached hydrogen (secondary N) is 1. The third-order valence-corrected chi connectivity index (χ3v) is 13.6. The lowest BCUT2D eigenvalue weighted by Crippen LogP contribution is -2.45. The Hall–Kier alpha value is -2.18. The first-order valence-electron chi connectivity index (χ1n) is 29.9. The van der Waals surface area contributed by atoms with Crippen LogP contribution in [0.4, 0.5) is 0 Å². The molecule has 1 amide bonds. The molecule has 0 radical (unpaired) electrons. The molecule has 398 valence electrons. The highest BCUT2D eigenvalue weighted by atomic mass is 16.5. The number of ether oxygens (including phenoxy) is 1. The van der Waals surface area contributed by atoms with Crippen LogP contribution in [0.15, 0.2) is 48.6 Å². The Balaban J connectivity index is 3.42. The number of aliphatic hydroxyl groups excluding tert-OH is 2. The van der Waals surface area contributed by atoms with Gasteiger partial charge < -0.3 is 20.3 Å². The molecule has 0 rings (SSSR count). The van der Waals surface area contributed by atoms with E-state index in [1.54, 1.807) is 6.08 Å². The number of carbonyl (C=O) groups excluding carboxylic acids is 2. The van der Waals surface area contributed by atoms with E-state index < -0.39 is 12.1 Å². The number of unbranched alkanes of at least 4 members (excludes halogenated alkanes) is 38. The van der Waals surface area contributed by atoms with Gasteiger partial charge in [-0.05, 0) is 89.9 Å². The number of allylic oxidation sites excluding steroid dienone is 7. The summed E-state index contributed by atoms with van der Waals surface area (Å²) in [6.07, 6.45) is 72.9. The van der Waals surface area contributed by atoms with Gasteiger partial charge >= 0.3 is 5.97 Å². The first-order valence-corrected chi connectivity index (χ1v) is 29.9. The molecule has 3 N–H and O–H groups in total. The first-order chi connectivity index (χ1) is 33.5. The van der Waals surface area contributed by atoms with Crippen molar-refractivity contribution in [1.82, 2.24) is 5.32 Å². The van der Waals surface area contributed by atoms with Crippen molar-refractivity contribution in [2.45, 2.75) is 321 Å². The second-order valence-corrected chi connectivity index (χ2v) is 20.3. The Morgan fingerprint density at radius 2 is 0.735 bits per heavy atom. The minimum Gasteiger partial charge on any atom is -0.466 e. The van der Waals surface area contributed by atoms with Gasteiger partial charge in [-0.15, -0.1) is 0 Å². The Labute approximate surface area is 423 Å². The smallest absolute Gasteiger partial charge is 0.305 e. The van der Waals surface area contributed by atoms with Crippen molar-refractivity contribution in [1.29, 1.82) is 0 Å². The molecule has 68 heavy (non-hydrogen) atoms. The maximum atomic E-state index is 12.4. The SMILES string of the molecule is CCCCC/C=C\C/C=C\CCCCCCCCCCCC(=O)OCCCCCCCCCCCC/C=C\CCCCCCCCCC(=O)NC(CO)C(O)/C=C/CCCCCCCCCCC. The highest BCUT2D eigenvalue weighted by molar-refractivity contribution is 5.76. The molecule has 6 heteroatoms. The summed E-state index contributed by atoms with van der Waals surface area (Å²) in [6, 6.07) is -0.633. The zero-order chi connectivity index (χ0) is 49.3. The van der Waals surface area contributed by atoms with Crippen LogP contribution in [0.5, 0.6) is 0 Å². The van der Waals surface area contributed by atoms with Gasteiger partial charge in [-0.2, -0.15) is 0 Å². The van der Waals surface area contributed by atoms with Crippen LogP contribution in [0.2, 0.25) is 0 Å². The Kier molecular flexibility index (Phi) is 55.6. The zero-order valence-electron chi connectivity index (χ0n) is 45.3. The van der Waals surface area contributed by atoms with Gasteiger partial charge in [0.2, 0.25) is 5.91 Å². The van der Waals surface area contributed by atoms with Gasteiger partial charge in [-0.1, -0.05) is 255 Å². The standard InChI is InChI=1S/C62H115NO5/c1-3-5-7-9-11-13-15-16-17-18-22-26-29-32-36-40-44-48-52-56-62(67)68-57-53-49-45-41-37-33-30-27-24-21-19-20-23-25-28-31-35-39-43-47-51-55-61(66)63-59(58-64)60(65)54-50-46-42-38-34-14-12-10-8-6-4-2/h11,13,16-17,20,23,50,54,59-60,64-65H,3-10,12,14-15,18-19,21-22,24-49,51-53,55-58H2,1-2H3,(H,63,66)/b13-11-,17-16-,23-20-,54-50+. The summed E-state index contributed by atoms with van der Waals surface area (Å²) >= 11 is 0. The number of hydrogen-bond donors (Lipinski definition) is 3. The van der Waals surface area contributed by atoms with Crippen molar-refractivity contribution in [3.05, 3.63) is 48.6 Å². The molecule has 2 atom stereocenters. The van der Waals surface area contributed by atoms with Crippen molar-refractivity contribution in [3.63, 3.8) is 0 Å². The predicted molar refractivity (Wildman–Crippen MR) is 296 cm³/mol. The molecule has 0 aromatic heterocycles. The molecule has 0 aliphatic carbocycles. The number of carbonyl (C=O) groups is 2. The van der Waals surface area contributed by atoms with E-state index in [4.69, 9.17) is 4.74 Å². The predicted octanol–water partition coefficient (Wildman–Crippen LogP) is 18.6. The van der Waals surface area contributed by atoms with Crippen LogP contribution < -0.4 is 5.32 Å². The second-order valence-electron chi connectivity index (χ2n) is 20.3. The van der Waals surface area contributed by atoms with Gasteiger partial charge in [0, 0.05) is 12.8 Å². The third kappa shape index (κ3) is 53.2. The maximum absolute atomic E-state index is 12.4.